The minimum absolute atomic E-state index is 0.326. The van der Waals surface area contributed by atoms with Crippen LogP contribution in [0.2, 0.25) is 0 Å². The quantitative estimate of drug-likeness (QED) is 0.600. The summed E-state index contributed by atoms with van der Waals surface area (Å²) >= 11 is 6.66. The summed E-state index contributed by atoms with van der Waals surface area (Å²) in [5, 5.41) is 0. The summed E-state index contributed by atoms with van der Waals surface area (Å²) in [5.41, 5.74) is 1.06. The molecule has 0 amide bonds. The van der Waals surface area contributed by atoms with E-state index in [2.05, 4.69) is 31.9 Å². The molecule has 0 aliphatic carbocycles. The van der Waals surface area contributed by atoms with Crippen LogP contribution in [0.15, 0.2) is 40.9 Å². The van der Waals surface area contributed by atoms with Gasteiger partial charge < -0.3 is 0 Å². The van der Waals surface area contributed by atoms with Crippen LogP contribution >= 0.6 is 31.9 Å². The molecule has 0 aliphatic rings. The molecule has 0 nitrogen and oxygen atoms in total. The van der Waals surface area contributed by atoms with E-state index in [1.165, 1.54) is 12.1 Å². The smallest absolute Gasteiger partial charge is 0.159 e. The van der Waals surface area contributed by atoms with Crippen LogP contribution in [0.25, 0.3) is 0 Å². The molecule has 0 saturated heterocycles. The molecule has 5 heteroatoms. The van der Waals surface area contributed by atoms with Gasteiger partial charge in [-0.15, -0.1) is 0 Å². The number of rotatable bonds is 3. The minimum Gasteiger partial charge on any atom is -0.207 e. The van der Waals surface area contributed by atoms with Gasteiger partial charge in [0, 0.05) is 14.9 Å². The van der Waals surface area contributed by atoms with E-state index in [0.717, 1.165) is 12.1 Å². The van der Waals surface area contributed by atoms with E-state index in [1.54, 1.807) is 12.1 Å². The normalized spacial score (nSPS) is 12.5. The molecule has 0 N–H and O–H groups in total. The maximum atomic E-state index is 13.8. The second kappa shape index (κ2) is 6.09. The first-order valence-electron chi connectivity index (χ1n) is 5.51. The van der Waals surface area contributed by atoms with Crippen molar-refractivity contribution in [1.82, 2.24) is 0 Å². The highest BCUT2D eigenvalue weighted by molar-refractivity contribution is 9.11. The highest BCUT2D eigenvalue weighted by Crippen LogP contribution is 2.34. The van der Waals surface area contributed by atoms with Crippen LogP contribution in [-0.2, 0) is 6.42 Å². The zero-order chi connectivity index (χ0) is 14.0. The first kappa shape index (κ1) is 14.6. The van der Waals surface area contributed by atoms with E-state index >= 15 is 0 Å². The molecule has 2 aromatic rings. The molecule has 100 valence electrons. The zero-order valence-corrected chi connectivity index (χ0v) is 12.8. The van der Waals surface area contributed by atoms with Crippen molar-refractivity contribution in [2.75, 3.05) is 0 Å². The van der Waals surface area contributed by atoms with Crippen molar-refractivity contribution in [2.24, 2.45) is 0 Å². The highest BCUT2D eigenvalue weighted by Gasteiger charge is 2.17. The number of hydrogen-bond donors (Lipinski definition) is 0. The summed E-state index contributed by atoms with van der Waals surface area (Å²) < 4.78 is 40.3. The summed E-state index contributed by atoms with van der Waals surface area (Å²) in [6.07, 6.45) is 0.358. The van der Waals surface area contributed by atoms with Crippen LogP contribution in [0.1, 0.15) is 16.0 Å². The van der Waals surface area contributed by atoms with E-state index in [4.69, 9.17) is 0 Å². The average molecular weight is 394 g/mol. The van der Waals surface area contributed by atoms with Gasteiger partial charge in [0.05, 0.1) is 0 Å². The Morgan fingerprint density at radius 2 is 1.68 bits per heavy atom. The van der Waals surface area contributed by atoms with Crippen molar-refractivity contribution in [1.29, 1.82) is 0 Å². The second-order valence-electron chi connectivity index (χ2n) is 4.06. The van der Waals surface area contributed by atoms with Crippen LogP contribution in [0, 0.1) is 17.5 Å². The maximum absolute atomic E-state index is 13.8. The lowest BCUT2D eigenvalue weighted by Crippen LogP contribution is -2.00. The van der Waals surface area contributed by atoms with Gasteiger partial charge in [-0.1, -0.05) is 44.0 Å². The SMILES string of the molecule is Fc1ccc(CC(Br)c2c(F)cccc2Br)cc1F. The number of alkyl halides is 1. The van der Waals surface area contributed by atoms with Crippen molar-refractivity contribution in [3.8, 4) is 0 Å². The highest BCUT2D eigenvalue weighted by atomic mass is 79.9. The molecule has 0 saturated carbocycles. The van der Waals surface area contributed by atoms with Crippen LogP contribution in [0.4, 0.5) is 13.2 Å². The number of hydrogen-bond acceptors (Lipinski definition) is 0. The average Bonchev–Trinajstić information content (AvgIpc) is 2.33. The molecule has 1 unspecified atom stereocenters. The zero-order valence-electron chi connectivity index (χ0n) is 9.64. The molecule has 0 spiro atoms. The Morgan fingerprint density at radius 1 is 0.947 bits per heavy atom. The lowest BCUT2D eigenvalue weighted by atomic mass is 10.0. The van der Waals surface area contributed by atoms with Crippen molar-refractivity contribution >= 4 is 31.9 Å². The van der Waals surface area contributed by atoms with E-state index in [1.807, 2.05) is 0 Å². The second-order valence-corrected chi connectivity index (χ2v) is 6.02. The van der Waals surface area contributed by atoms with Crippen molar-refractivity contribution < 1.29 is 13.2 Å². The first-order valence-corrected chi connectivity index (χ1v) is 7.22. The molecule has 1 atom stereocenters. The van der Waals surface area contributed by atoms with Gasteiger partial charge in [0.25, 0.3) is 0 Å². The van der Waals surface area contributed by atoms with Gasteiger partial charge in [0.1, 0.15) is 5.82 Å². The summed E-state index contributed by atoms with van der Waals surface area (Å²) in [4.78, 5) is -0.326. The first-order chi connectivity index (χ1) is 8.99. The fourth-order valence-corrected chi connectivity index (χ4v) is 3.55. The summed E-state index contributed by atoms with van der Waals surface area (Å²) in [6.45, 7) is 0. The molecule has 0 bridgehead atoms. The molecule has 0 aromatic heterocycles. The van der Waals surface area contributed by atoms with Gasteiger partial charge in [-0.2, -0.15) is 0 Å². The van der Waals surface area contributed by atoms with E-state index in [-0.39, 0.29) is 10.6 Å². The van der Waals surface area contributed by atoms with Gasteiger partial charge in [0.15, 0.2) is 11.6 Å². The lowest BCUT2D eigenvalue weighted by molar-refractivity contribution is 0.507. The van der Waals surface area contributed by atoms with E-state index in [0.29, 0.717) is 22.0 Å². The van der Waals surface area contributed by atoms with Crippen LogP contribution in [0.5, 0.6) is 0 Å². The van der Waals surface area contributed by atoms with Crippen molar-refractivity contribution in [3.05, 3.63) is 69.4 Å². The van der Waals surface area contributed by atoms with Gasteiger partial charge >= 0.3 is 0 Å². The molecule has 0 heterocycles. The standard InChI is InChI=1S/C14H9Br2F3/c15-9-2-1-3-12(18)14(9)10(16)6-8-4-5-11(17)13(19)7-8/h1-5,7,10H,6H2. The Morgan fingerprint density at radius 3 is 2.32 bits per heavy atom. The fraction of sp³-hybridized carbons (Fsp3) is 0.143. The Hall–Kier alpha value is -0.810. The van der Waals surface area contributed by atoms with Crippen LogP contribution in [-0.4, -0.2) is 0 Å². The summed E-state index contributed by atoms with van der Waals surface area (Å²) in [6, 6.07) is 8.37. The molecule has 19 heavy (non-hydrogen) atoms. The predicted octanol–water partition coefficient (Wildman–Crippen LogP) is 5.55. The van der Waals surface area contributed by atoms with Gasteiger partial charge in [-0.25, -0.2) is 13.2 Å². The largest absolute Gasteiger partial charge is 0.207 e. The lowest BCUT2D eigenvalue weighted by Gasteiger charge is -2.13. The molecule has 2 aromatic carbocycles. The topological polar surface area (TPSA) is 0 Å². The Bertz CT molecular complexity index is 579. The third-order valence-corrected chi connectivity index (χ3v) is 4.18. The third-order valence-electron chi connectivity index (χ3n) is 2.71. The maximum Gasteiger partial charge on any atom is 0.159 e. The van der Waals surface area contributed by atoms with Crippen LogP contribution < -0.4 is 0 Å². The third kappa shape index (κ3) is 3.39. The molecule has 0 radical (unpaired) electrons. The number of benzene rings is 2. The van der Waals surface area contributed by atoms with E-state index < -0.39 is 11.6 Å². The van der Waals surface area contributed by atoms with Crippen molar-refractivity contribution in [3.63, 3.8) is 0 Å². The Kier molecular flexibility index (Phi) is 4.68. The number of halogens is 5. The van der Waals surface area contributed by atoms with Gasteiger partial charge in [-0.3, -0.25) is 0 Å². The van der Waals surface area contributed by atoms with Crippen molar-refractivity contribution in [2.45, 2.75) is 11.2 Å². The molecule has 0 fully saturated rings. The molecular weight excluding hydrogens is 385 g/mol. The molecule has 2 rings (SSSR count). The predicted molar refractivity (Wildman–Crippen MR) is 75.8 cm³/mol. The minimum atomic E-state index is -0.898. The summed E-state index contributed by atoms with van der Waals surface area (Å²) in [5.74, 6) is -2.13. The summed E-state index contributed by atoms with van der Waals surface area (Å²) in [7, 11) is 0. The van der Waals surface area contributed by atoms with E-state index in [9.17, 15) is 13.2 Å². The monoisotopic (exact) mass is 392 g/mol. The fourth-order valence-electron chi connectivity index (χ4n) is 1.79. The Balaban J connectivity index is 2.25. The Labute approximate surface area is 125 Å². The van der Waals surface area contributed by atoms with Gasteiger partial charge in [-0.05, 0) is 36.2 Å². The molecule has 0 aliphatic heterocycles. The van der Waals surface area contributed by atoms with Crippen LogP contribution in [0.3, 0.4) is 0 Å². The molecular formula is C14H9Br2F3. The van der Waals surface area contributed by atoms with Gasteiger partial charge in [0.2, 0.25) is 0 Å².